The van der Waals surface area contributed by atoms with Gasteiger partial charge in [-0.25, -0.2) is 0 Å². The number of halogens is 1. The summed E-state index contributed by atoms with van der Waals surface area (Å²) < 4.78 is 6.20. The summed E-state index contributed by atoms with van der Waals surface area (Å²) in [5.41, 5.74) is 5.47. The Morgan fingerprint density at radius 2 is 2.36 bits per heavy atom. The summed E-state index contributed by atoms with van der Waals surface area (Å²) in [6.07, 6.45) is 1.02. The highest BCUT2D eigenvalue weighted by atomic mass is 127. The molecule has 0 aliphatic carbocycles. The number of methoxy groups -OCH3 is 1. The van der Waals surface area contributed by atoms with Gasteiger partial charge in [-0.15, -0.1) is 0 Å². The topological polar surface area (TPSA) is 47.6 Å². The molecule has 0 fully saturated rings. The normalized spacial score (nSPS) is 15.9. The van der Waals surface area contributed by atoms with Crippen LogP contribution in [-0.2, 0) is 4.74 Å². The zero-order chi connectivity index (χ0) is 8.69. The van der Waals surface area contributed by atoms with Gasteiger partial charge in [-0.1, -0.05) is 22.6 Å². The summed E-state index contributed by atoms with van der Waals surface area (Å²) >= 11 is 2.31. The minimum Gasteiger partial charge on any atom is -0.378 e. The van der Waals surface area contributed by atoms with E-state index in [1.54, 1.807) is 7.11 Å². The third-order valence-electron chi connectivity index (χ3n) is 1.60. The maximum absolute atomic E-state index is 5.47. The van der Waals surface area contributed by atoms with Crippen molar-refractivity contribution in [3.8, 4) is 0 Å². The monoisotopic (exact) mass is 270 g/mol. The van der Waals surface area contributed by atoms with Gasteiger partial charge in [0.2, 0.25) is 0 Å². The molecule has 0 aliphatic heterocycles. The number of nitrogens with two attached hydrogens (primary N) is 1. The fourth-order valence-corrected chi connectivity index (χ4v) is 1.56. The highest BCUT2D eigenvalue weighted by Gasteiger charge is 2.16. The Kier molecular flexibility index (Phi) is 7.20. The van der Waals surface area contributed by atoms with Crippen molar-refractivity contribution in [2.45, 2.75) is 18.6 Å². The summed E-state index contributed by atoms with van der Waals surface area (Å²) in [6.45, 7) is 4.02. The molecule has 0 saturated heterocycles. The Labute approximate surface area is 81.5 Å². The van der Waals surface area contributed by atoms with Crippen LogP contribution >= 0.6 is 22.6 Å². The van der Waals surface area contributed by atoms with Crippen molar-refractivity contribution in [2.75, 3.05) is 18.1 Å². The molecule has 0 heterocycles. The van der Waals surface area contributed by atoms with E-state index >= 15 is 0 Å². The van der Waals surface area contributed by atoms with E-state index < -0.39 is 0 Å². The molecule has 11 heavy (non-hydrogen) atoms. The molecule has 4 heteroatoms. The first-order valence-corrected chi connectivity index (χ1v) is 5.07. The molecule has 0 rings (SSSR count). The smallest absolute Gasteiger partial charge is 0.0916 e. The van der Waals surface area contributed by atoms with E-state index in [0.29, 0.717) is 6.54 Å². The van der Waals surface area contributed by atoms with Gasteiger partial charge in [0.05, 0.1) is 12.1 Å². The van der Waals surface area contributed by atoms with Gasteiger partial charge in [0, 0.05) is 18.1 Å². The Morgan fingerprint density at radius 1 is 1.73 bits per heavy atom. The summed E-state index contributed by atoms with van der Waals surface area (Å²) in [5.74, 6) is 0. The average molecular weight is 270 g/mol. The van der Waals surface area contributed by atoms with E-state index in [1.165, 1.54) is 0 Å². The van der Waals surface area contributed by atoms with Crippen molar-refractivity contribution in [1.29, 1.82) is 0 Å². The highest BCUT2D eigenvalue weighted by Crippen LogP contribution is 2.07. The predicted molar refractivity (Wildman–Crippen MR) is 56.7 cm³/mol. The Bertz CT molecular complexity index is 107. The van der Waals surface area contributed by atoms with Gasteiger partial charge in [-0.2, -0.15) is 0 Å². The van der Waals surface area contributed by atoms with Crippen molar-refractivity contribution in [2.24, 2.45) is 10.7 Å². The SMILES string of the molecule is C=NC(CCI)C(CN)OC. The molecule has 0 aromatic carbocycles. The molecule has 0 saturated carbocycles. The molecule has 0 spiro atoms. The van der Waals surface area contributed by atoms with Crippen LogP contribution < -0.4 is 5.73 Å². The molecule has 0 radical (unpaired) electrons. The number of alkyl halides is 1. The van der Waals surface area contributed by atoms with Gasteiger partial charge < -0.3 is 10.5 Å². The number of hydrogen-bond acceptors (Lipinski definition) is 3. The van der Waals surface area contributed by atoms with E-state index in [4.69, 9.17) is 10.5 Å². The number of hydrogen-bond donors (Lipinski definition) is 1. The van der Waals surface area contributed by atoms with Gasteiger partial charge in [0.15, 0.2) is 0 Å². The van der Waals surface area contributed by atoms with Crippen LogP contribution in [0.2, 0.25) is 0 Å². The van der Waals surface area contributed by atoms with Gasteiger partial charge in [0.25, 0.3) is 0 Å². The maximum Gasteiger partial charge on any atom is 0.0916 e. The van der Waals surface area contributed by atoms with Crippen molar-refractivity contribution in [3.63, 3.8) is 0 Å². The molecule has 0 aliphatic rings. The second-order valence-corrected chi connectivity index (χ2v) is 3.32. The molecule has 2 unspecified atom stereocenters. The zero-order valence-corrected chi connectivity index (χ0v) is 8.95. The van der Waals surface area contributed by atoms with Crippen LogP contribution in [0.15, 0.2) is 4.99 Å². The van der Waals surface area contributed by atoms with Crippen molar-refractivity contribution in [3.05, 3.63) is 0 Å². The lowest BCUT2D eigenvalue weighted by atomic mass is 10.1. The minimum absolute atomic E-state index is 0.0299. The second kappa shape index (κ2) is 7.00. The number of nitrogens with zero attached hydrogens (tertiary/aromatic N) is 1. The van der Waals surface area contributed by atoms with Crippen molar-refractivity contribution >= 4 is 29.3 Å². The number of aliphatic imine (C=N–C) groups is 1. The van der Waals surface area contributed by atoms with Crippen molar-refractivity contribution < 1.29 is 4.74 Å². The summed E-state index contributed by atoms with van der Waals surface area (Å²) in [4.78, 5) is 3.96. The highest BCUT2D eigenvalue weighted by molar-refractivity contribution is 14.1. The zero-order valence-electron chi connectivity index (χ0n) is 6.79. The largest absolute Gasteiger partial charge is 0.378 e. The standard InChI is InChI=1S/C7H15IN2O/c1-10-6(3-4-8)7(5-9)11-2/h6-7H,1,3-5,9H2,2H3. The third-order valence-corrected chi connectivity index (χ3v) is 2.23. The van der Waals surface area contributed by atoms with Gasteiger partial charge in [0.1, 0.15) is 0 Å². The van der Waals surface area contributed by atoms with Gasteiger partial charge in [-0.05, 0) is 13.1 Å². The molecular weight excluding hydrogens is 255 g/mol. The van der Waals surface area contributed by atoms with Crippen LogP contribution in [0.1, 0.15) is 6.42 Å². The lowest BCUT2D eigenvalue weighted by Crippen LogP contribution is -2.34. The molecular formula is C7H15IN2O. The quantitative estimate of drug-likeness (QED) is 0.442. The molecule has 0 amide bonds. The lowest BCUT2D eigenvalue weighted by Gasteiger charge is -2.19. The fraction of sp³-hybridized carbons (Fsp3) is 0.857. The average Bonchev–Trinajstić information content (AvgIpc) is 2.05. The fourth-order valence-electron chi connectivity index (χ4n) is 0.917. The molecule has 2 N–H and O–H groups in total. The van der Waals surface area contributed by atoms with E-state index in [0.717, 1.165) is 10.8 Å². The molecule has 0 aromatic heterocycles. The van der Waals surface area contributed by atoms with E-state index in [-0.39, 0.29) is 12.1 Å². The van der Waals surface area contributed by atoms with E-state index in [9.17, 15) is 0 Å². The summed E-state index contributed by atoms with van der Waals surface area (Å²) in [5, 5.41) is 0. The summed E-state index contributed by atoms with van der Waals surface area (Å²) in [7, 11) is 1.66. The Hall–Kier alpha value is 0.320. The molecule has 3 nitrogen and oxygen atoms in total. The van der Waals surface area contributed by atoms with Crippen LogP contribution in [0.3, 0.4) is 0 Å². The van der Waals surface area contributed by atoms with Crippen molar-refractivity contribution in [1.82, 2.24) is 0 Å². The number of rotatable bonds is 6. The van der Waals surface area contributed by atoms with Crippen LogP contribution in [-0.4, -0.2) is 36.9 Å². The minimum atomic E-state index is 0.0299. The molecule has 2 atom stereocenters. The molecule has 0 aromatic rings. The first kappa shape index (κ1) is 11.3. The first-order chi connectivity index (χ1) is 5.29. The predicted octanol–water partition coefficient (Wildman–Crippen LogP) is 0.854. The Morgan fingerprint density at radius 3 is 2.64 bits per heavy atom. The second-order valence-electron chi connectivity index (χ2n) is 2.24. The lowest BCUT2D eigenvalue weighted by molar-refractivity contribution is 0.0875. The Balaban J connectivity index is 3.86. The van der Waals surface area contributed by atoms with Crippen LogP contribution in [0.25, 0.3) is 0 Å². The van der Waals surface area contributed by atoms with Gasteiger partial charge >= 0.3 is 0 Å². The number of ether oxygens (including phenoxy) is 1. The maximum atomic E-state index is 5.47. The van der Waals surface area contributed by atoms with E-state index in [1.807, 2.05) is 0 Å². The third kappa shape index (κ3) is 4.03. The first-order valence-electron chi connectivity index (χ1n) is 3.54. The van der Waals surface area contributed by atoms with Crippen LogP contribution in [0.4, 0.5) is 0 Å². The van der Waals surface area contributed by atoms with Gasteiger partial charge in [-0.3, -0.25) is 4.99 Å². The van der Waals surface area contributed by atoms with Crippen LogP contribution in [0.5, 0.6) is 0 Å². The molecule has 66 valence electrons. The summed E-state index contributed by atoms with van der Waals surface area (Å²) in [6, 6.07) is 0.155. The van der Waals surface area contributed by atoms with Crippen LogP contribution in [0, 0.1) is 0 Å². The molecule has 0 bridgehead atoms. The van der Waals surface area contributed by atoms with E-state index in [2.05, 4.69) is 34.3 Å².